The van der Waals surface area contributed by atoms with Gasteiger partial charge in [0.05, 0.1) is 23.2 Å². The smallest absolute Gasteiger partial charge is 0.122 e. The molecule has 2 nitrogen and oxygen atoms in total. The number of benzene rings is 1. The van der Waals surface area contributed by atoms with Crippen LogP contribution in [-0.2, 0) is 12.3 Å². The summed E-state index contributed by atoms with van der Waals surface area (Å²) in [4.78, 5) is 4.43. The monoisotopic (exact) mass is 343 g/mol. The van der Waals surface area contributed by atoms with Gasteiger partial charge in [0.2, 0.25) is 0 Å². The first kappa shape index (κ1) is 16.6. The van der Waals surface area contributed by atoms with Crippen LogP contribution in [0.3, 0.4) is 0 Å². The number of nitrogens with zero attached hydrogens (tertiary/aromatic N) is 1. The Kier molecular flexibility index (Phi) is 5.91. The van der Waals surface area contributed by atoms with Gasteiger partial charge in [-0.3, -0.25) is 0 Å². The molecule has 0 aliphatic heterocycles. The zero-order chi connectivity index (χ0) is 15.4. The molecule has 1 aromatic heterocycles. The third-order valence-electron chi connectivity index (χ3n) is 3.23. The minimum absolute atomic E-state index is 0.380. The highest BCUT2D eigenvalue weighted by molar-refractivity contribution is 7.09. The Morgan fingerprint density at radius 3 is 2.71 bits per heavy atom. The number of aromatic nitrogens is 1. The standard InChI is InChI=1S/C16H19Cl2NOS/c1-10(2)13-7-15(11(3)6-14(13)18)20-5-4-16-19-12(8-17)9-21-16/h6-7,9-10H,4-5,8H2,1-3H3. The Balaban J connectivity index is 2.01. The summed E-state index contributed by atoms with van der Waals surface area (Å²) in [6.45, 7) is 6.88. The van der Waals surface area contributed by atoms with Crippen LogP contribution < -0.4 is 4.74 Å². The molecule has 0 saturated carbocycles. The van der Waals surface area contributed by atoms with Crippen molar-refractivity contribution in [1.29, 1.82) is 0 Å². The highest BCUT2D eigenvalue weighted by atomic mass is 35.5. The van der Waals surface area contributed by atoms with Gasteiger partial charge in [-0.1, -0.05) is 25.4 Å². The molecule has 5 heteroatoms. The number of ether oxygens (including phenoxy) is 1. The van der Waals surface area contributed by atoms with Crippen molar-refractivity contribution in [2.75, 3.05) is 6.61 Å². The van der Waals surface area contributed by atoms with Crippen LogP contribution in [0.5, 0.6) is 5.75 Å². The van der Waals surface area contributed by atoms with Crippen molar-refractivity contribution in [1.82, 2.24) is 4.98 Å². The lowest BCUT2D eigenvalue weighted by molar-refractivity contribution is 0.319. The second kappa shape index (κ2) is 7.48. The lowest BCUT2D eigenvalue weighted by atomic mass is 10.0. The summed E-state index contributed by atoms with van der Waals surface area (Å²) in [6, 6.07) is 4.02. The molecule has 0 bridgehead atoms. The van der Waals surface area contributed by atoms with Gasteiger partial charge in [-0.05, 0) is 36.1 Å². The van der Waals surface area contributed by atoms with Gasteiger partial charge in [0.1, 0.15) is 5.75 Å². The number of aryl methyl sites for hydroxylation is 1. The van der Waals surface area contributed by atoms with Crippen molar-refractivity contribution < 1.29 is 4.74 Å². The van der Waals surface area contributed by atoms with Crippen LogP contribution in [-0.4, -0.2) is 11.6 Å². The highest BCUT2D eigenvalue weighted by Crippen LogP contribution is 2.31. The van der Waals surface area contributed by atoms with Crippen molar-refractivity contribution in [3.05, 3.63) is 44.4 Å². The largest absolute Gasteiger partial charge is 0.493 e. The van der Waals surface area contributed by atoms with Crippen molar-refractivity contribution in [3.63, 3.8) is 0 Å². The summed E-state index contributed by atoms with van der Waals surface area (Å²) in [7, 11) is 0. The summed E-state index contributed by atoms with van der Waals surface area (Å²) in [6.07, 6.45) is 0.792. The van der Waals surface area contributed by atoms with Gasteiger partial charge in [-0.25, -0.2) is 4.98 Å². The van der Waals surface area contributed by atoms with E-state index in [1.165, 1.54) is 0 Å². The first-order valence-corrected chi connectivity index (χ1v) is 8.72. The molecular weight excluding hydrogens is 325 g/mol. The lowest BCUT2D eigenvalue weighted by Gasteiger charge is -2.14. The van der Waals surface area contributed by atoms with E-state index in [1.807, 2.05) is 24.4 Å². The number of alkyl halides is 1. The Hall–Kier alpha value is -0.770. The van der Waals surface area contributed by atoms with Crippen molar-refractivity contribution in [3.8, 4) is 5.75 Å². The van der Waals surface area contributed by atoms with Crippen molar-refractivity contribution >= 4 is 34.5 Å². The van der Waals surface area contributed by atoms with Crippen LogP contribution in [0, 0.1) is 6.92 Å². The molecule has 0 N–H and O–H groups in total. The van der Waals surface area contributed by atoms with E-state index in [0.29, 0.717) is 18.4 Å². The van der Waals surface area contributed by atoms with Crippen LogP contribution in [0.15, 0.2) is 17.5 Å². The van der Waals surface area contributed by atoms with Gasteiger partial charge in [0.15, 0.2) is 0 Å². The maximum absolute atomic E-state index is 6.27. The predicted molar refractivity (Wildman–Crippen MR) is 91.1 cm³/mol. The van der Waals surface area contributed by atoms with Crippen LogP contribution in [0.1, 0.15) is 41.6 Å². The number of hydrogen-bond acceptors (Lipinski definition) is 3. The molecule has 0 atom stereocenters. The molecule has 0 amide bonds. The number of rotatable bonds is 6. The van der Waals surface area contributed by atoms with Crippen molar-refractivity contribution in [2.24, 2.45) is 0 Å². The zero-order valence-electron chi connectivity index (χ0n) is 12.5. The SMILES string of the molecule is Cc1cc(Cl)c(C(C)C)cc1OCCc1nc(CCl)cs1. The summed E-state index contributed by atoms with van der Waals surface area (Å²) < 4.78 is 5.90. The van der Waals surface area contributed by atoms with Crippen LogP contribution in [0.25, 0.3) is 0 Å². The highest BCUT2D eigenvalue weighted by Gasteiger charge is 2.10. The first-order valence-electron chi connectivity index (χ1n) is 6.93. The van der Waals surface area contributed by atoms with Crippen molar-refractivity contribution in [2.45, 2.75) is 39.0 Å². The third kappa shape index (κ3) is 4.35. The molecule has 114 valence electrons. The third-order valence-corrected chi connectivity index (χ3v) is 4.78. The Morgan fingerprint density at radius 1 is 1.33 bits per heavy atom. The quantitative estimate of drug-likeness (QED) is 0.638. The Bertz CT molecular complexity index is 610. The van der Waals surface area contributed by atoms with Gasteiger partial charge in [0, 0.05) is 16.8 Å². The fourth-order valence-electron chi connectivity index (χ4n) is 2.04. The maximum Gasteiger partial charge on any atom is 0.122 e. The van der Waals surface area contributed by atoms with E-state index in [4.69, 9.17) is 27.9 Å². The minimum atomic E-state index is 0.380. The molecular formula is C16H19Cl2NOS. The van der Waals surface area contributed by atoms with Gasteiger partial charge in [-0.15, -0.1) is 22.9 Å². The Labute approximate surface area is 140 Å². The molecule has 2 rings (SSSR count). The normalized spacial score (nSPS) is 11.1. The zero-order valence-corrected chi connectivity index (χ0v) is 14.8. The average Bonchev–Trinajstić information content (AvgIpc) is 2.88. The van der Waals surface area contributed by atoms with Crippen LogP contribution >= 0.6 is 34.5 Å². The molecule has 0 radical (unpaired) electrons. The molecule has 0 saturated heterocycles. The second-order valence-corrected chi connectivity index (χ2v) is 6.88. The van der Waals surface area contributed by atoms with E-state index in [2.05, 4.69) is 18.8 Å². The van der Waals surface area contributed by atoms with Gasteiger partial charge >= 0.3 is 0 Å². The molecule has 0 unspecified atom stereocenters. The molecule has 0 spiro atoms. The number of thiazole rings is 1. The molecule has 2 aromatic rings. The van der Waals surface area contributed by atoms with E-state index in [9.17, 15) is 0 Å². The predicted octanol–water partition coefficient (Wildman–Crippen LogP) is 5.59. The average molecular weight is 344 g/mol. The molecule has 0 fully saturated rings. The number of hydrogen-bond donors (Lipinski definition) is 0. The summed E-state index contributed by atoms with van der Waals surface area (Å²) in [5.74, 6) is 1.74. The summed E-state index contributed by atoms with van der Waals surface area (Å²) in [5, 5.41) is 3.86. The van der Waals surface area contributed by atoms with Crippen LogP contribution in [0.2, 0.25) is 5.02 Å². The maximum atomic E-state index is 6.27. The van der Waals surface area contributed by atoms with Crippen LogP contribution in [0.4, 0.5) is 0 Å². The van der Waals surface area contributed by atoms with Gasteiger partial charge < -0.3 is 4.74 Å². The minimum Gasteiger partial charge on any atom is -0.493 e. The molecule has 1 aromatic carbocycles. The summed E-state index contributed by atoms with van der Waals surface area (Å²) in [5.41, 5.74) is 3.11. The van der Waals surface area contributed by atoms with E-state index in [0.717, 1.165) is 39.0 Å². The summed E-state index contributed by atoms with van der Waals surface area (Å²) >= 11 is 13.6. The van der Waals surface area contributed by atoms with Gasteiger partial charge in [0.25, 0.3) is 0 Å². The topological polar surface area (TPSA) is 22.1 Å². The van der Waals surface area contributed by atoms with E-state index < -0.39 is 0 Å². The second-order valence-electron chi connectivity index (χ2n) is 5.26. The van der Waals surface area contributed by atoms with Gasteiger partial charge in [-0.2, -0.15) is 0 Å². The first-order chi connectivity index (χ1) is 10.0. The Morgan fingerprint density at radius 2 is 2.10 bits per heavy atom. The van der Waals surface area contributed by atoms with E-state index in [-0.39, 0.29) is 0 Å². The van der Waals surface area contributed by atoms with E-state index in [1.54, 1.807) is 11.3 Å². The lowest BCUT2D eigenvalue weighted by Crippen LogP contribution is -2.03. The fraction of sp³-hybridized carbons (Fsp3) is 0.438. The van der Waals surface area contributed by atoms with E-state index >= 15 is 0 Å². The fourth-order valence-corrected chi connectivity index (χ4v) is 3.48. The molecule has 0 aliphatic carbocycles. The number of halogens is 2. The molecule has 0 aliphatic rings. The molecule has 21 heavy (non-hydrogen) atoms. The molecule has 1 heterocycles.